The average Bonchev–Trinajstić information content (AvgIpc) is 2.40. The normalized spacial score (nSPS) is 16.3. The maximum absolute atomic E-state index is 11.6. The summed E-state index contributed by atoms with van der Waals surface area (Å²) in [6.07, 6.45) is 3.64. The molecular weight excluding hydrogens is 242 g/mol. The summed E-state index contributed by atoms with van der Waals surface area (Å²) in [4.78, 5) is 24.0. The molecular formula is C13H21N5O. The molecule has 2 heterocycles. The lowest BCUT2D eigenvalue weighted by Crippen LogP contribution is -2.49. The van der Waals surface area contributed by atoms with Crippen LogP contribution in [0.2, 0.25) is 0 Å². The Bertz CT molecular complexity index is 431. The van der Waals surface area contributed by atoms with Crippen LogP contribution in [-0.4, -0.2) is 53.5 Å². The fourth-order valence-electron chi connectivity index (χ4n) is 1.85. The quantitative estimate of drug-likeness (QED) is 0.844. The molecule has 0 bridgehead atoms. The van der Waals surface area contributed by atoms with Gasteiger partial charge in [-0.25, -0.2) is 9.97 Å². The number of aromatic nitrogens is 2. The fourth-order valence-corrected chi connectivity index (χ4v) is 1.85. The Morgan fingerprint density at radius 3 is 2.58 bits per heavy atom. The Labute approximate surface area is 113 Å². The van der Waals surface area contributed by atoms with Gasteiger partial charge >= 0.3 is 0 Å². The Kier molecular flexibility index (Phi) is 4.31. The molecule has 0 aromatic carbocycles. The molecule has 1 N–H and O–H groups in total. The molecule has 1 fully saturated rings. The van der Waals surface area contributed by atoms with E-state index in [2.05, 4.69) is 29.1 Å². The summed E-state index contributed by atoms with van der Waals surface area (Å²) in [6.45, 7) is 6.83. The first-order chi connectivity index (χ1) is 9.06. The molecule has 0 spiro atoms. The van der Waals surface area contributed by atoms with Gasteiger partial charge < -0.3 is 15.1 Å². The largest absolute Gasteiger partial charge is 0.342 e. The summed E-state index contributed by atoms with van der Waals surface area (Å²) in [5.41, 5.74) is 1.05. The Hall–Kier alpha value is -1.69. The number of anilines is 1. The van der Waals surface area contributed by atoms with Gasteiger partial charge in [-0.05, 0) is 0 Å². The SMILES string of the molecule is CC(C)NCc1cnc(N2CCN(C)C(=O)C2)nc1. The topological polar surface area (TPSA) is 61.4 Å². The lowest BCUT2D eigenvalue weighted by Gasteiger charge is -2.31. The van der Waals surface area contributed by atoms with E-state index in [1.165, 1.54) is 0 Å². The summed E-state index contributed by atoms with van der Waals surface area (Å²) in [5, 5.41) is 3.32. The number of rotatable bonds is 4. The fraction of sp³-hybridized carbons (Fsp3) is 0.615. The summed E-state index contributed by atoms with van der Waals surface area (Å²) in [6, 6.07) is 0.440. The lowest BCUT2D eigenvalue weighted by atomic mass is 10.3. The van der Waals surface area contributed by atoms with Gasteiger partial charge in [0.2, 0.25) is 11.9 Å². The first kappa shape index (κ1) is 13.7. The van der Waals surface area contributed by atoms with Gasteiger partial charge in [0.1, 0.15) is 0 Å². The van der Waals surface area contributed by atoms with Gasteiger partial charge in [0, 0.05) is 50.7 Å². The average molecular weight is 263 g/mol. The molecule has 104 valence electrons. The van der Waals surface area contributed by atoms with E-state index >= 15 is 0 Å². The van der Waals surface area contributed by atoms with Crippen LogP contribution in [0, 0.1) is 0 Å². The van der Waals surface area contributed by atoms with Crippen molar-refractivity contribution < 1.29 is 4.79 Å². The molecule has 1 aromatic rings. The van der Waals surface area contributed by atoms with Crippen LogP contribution in [0.4, 0.5) is 5.95 Å². The molecule has 6 heteroatoms. The summed E-state index contributed by atoms with van der Waals surface area (Å²) >= 11 is 0. The molecule has 0 unspecified atom stereocenters. The van der Waals surface area contributed by atoms with Crippen molar-refractivity contribution in [1.82, 2.24) is 20.2 Å². The third-order valence-corrected chi connectivity index (χ3v) is 3.15. The van der Waals surface area contributed by atoms with E-state index in [1.54, 1.807) is 4.90 Å². The van der Waals surface area contributed by atoms with Crippen molar-refractivity contribution in [3.63, 3.8) is 0 Å². The lowest BCUT2D eigenvalue weighted by molar-refractivity contribution is -0.129. The van der Waals surface area contributed by atoms with Gasteiger partial charge in [-0.15, -0.1) is 0 Å². The molecule has 2 rings (SSSR count). The maximum Gasteiger partial charge on any atom is 0.242 e. The Morgan fingerprint density at radius 2 is 2.00 bits per heavy atom. The Balaban J connectivity index is 1.96. The van der Waals surface area contributed by atoms with Crippen LogP contribution in [0.3, 0.4) is 0 Å². The molecule has 1 aliphatic heterocycles. The van der Waals surface area contributed by atoms with Crippen LogP contribution in [0.5, 0.6) is 0 Å². The van der Waals surface area contributed by atoms with E-state index in [9.17, 15) is 4.79 Å². The number of amides is 1. The van der Waals surface area contributed by atoms with Crippen LogP contribution in [-0.2, 0) is 11.3 Å². The second kappa shape index (κ2) is 5.97. The second-order valence-corrected chi connectivity index (χ2v) is 5.16. The monoisotopic (exact) mass is 263 g/mol. The number of carbonyl (C=O) groups is 1. The molecule has 19 heavy (non-hydrogen) atoms. The van der Waals surface area contributed by atoms with Gasteiger partial charge in [0.15, 0.2) is 0 Å². The number of nitrogens with zero attached hydrogens (tertiary/aromatic N) is 4. The predicted molar refractivity (Wildman–Crippen MR) is 73.9 cm³/mol. The van der Waals surface area contributed by atoms with Crippen molar-refractivity contribution in [2.45, 2.75) is 26.4 Å². The van der Waals surface area contributed by atoms with Gasteiger partial charge in [0.25, 0.3) is 0 Å². The highest BCUT2D eigenvalue weighted by molar-refractivity contribution is 5.81. The van der Waals surface area contributed by atoms with Crippen molar-refractivity contribution in [2.75, 3.05) is 31.6 Å². The first-order valence-corrected chi connectivity index (χ1v) is 6.59. The van der Waals surface area contributed by atoms with E-state index in [-0.39, 0.29) is 5.91 Å². The van der Waals surface area contributed by atoms with Crippen LogP contribution in [0.25, 0.3) is 0 Å². The molecule has 0 saturated carbocycles. The van der Waals surface area contributed by atoms with E-state index in [4.69, 9.17) is 0 Å². The van der Waals surface area contributed by atoms with Gasteiger partial charge in [0.05, 0.1) is 6.54 Å². The summed E-state index contributed by atoms with van der Waals surface area (Å²) in [5.74, 6) is 0.746. The van der Waals surface area contributed by atoms with Crippen LogP contribution >= 0.6 is 0 Å². The minimum atomic E-state index is 0.111. The van der Waals surface area contributed by atoms with E-state index in [0.29, 0.717) is 18.5 Å². The number of carbonyl (C=O) groups excluding carboxylic acids is 1. The van der Waals surface area contributed by atoms with Gasteiger partial charge in [-0.2, -0.15) is 0 Å². The standard InChI is InChI=1S/C13H21N5O/c1-10(2)14-6-11-7-15-13(16-8-11)18-5-4-17(3)12(19)9-18/h7-8,10,14H,4-6,9H2,1-3H3. The molecule has 1 aliphatic rings. The second-order valence-electron chi connectivity index (χ2n) is 5.16. The highest BCUT2D eigenvalue weighted by Gasteiger charge is 2.22. The third kappa shape index (κ3) is 3.64. The van der Waals surface area contributed by atoms with Crippen molar-refractivity contribution in [1.29, 1.82) is 0 Å². The van der Waals surface area contributed by atoms with E-state index in [1.807, 2.05) is 24.3 Å². The summed E-state index contributed by atoms with van der Waals surface area (Å²) < 4.78 is 0. The molecule has 0 atom stereocenters. The first-order valence-electron chi connectivity index (χ1n) is 6.59. The highest BCUT2D eigenvalue weighted by atomic mass is 16.2. The van der Waals surface area contributed by atoms with Crippen molar-refractivity contribution >= 4 is 11.9 Å². The molecule has 0 radical (unpaired) electrons. The molecule has 1 aromatic heterocycles. The highest BCUT2D eigenvalue weighted by Crippen LogP contribution is 2.10. The molecule has 1 amide bonds. The minimum absolute atomic E-state index is 0.111. The van der Waals surface area contributed by atoms with E-state index in [0.717, 1.165) is 25.2 Å². The van der Waals surface area contributed by atoms with Crippen molar-refractivity contribution in [3.8, 4) is 0 Å². The number of hydrogen-bond acceptors (Lipinski definition) is 5. The number of hydrogen-bond donors (Lipinski definition) is 1. The number of nitrogens with one attached hydrogen (secondary N) is 1. The maximum atomic E-state index is 11.6. The zero-order chi connectivity index (χ0) is 13.8. The van der Waals surface area contributed by atoms with Crippen molar-refractivity contribution in [3.05, 3.63) is 18.0 Å². The van der Waals surface area contributed by atoms with Crippen LogP contribution < -0.4 is 10.2 Å². The molecule has 0 aliphatic carbocycles. The van der Waals surface area contributed by atoms with Crippen LogP contribution in [0.1, 0.15) is 19.4 Å². The minimum Gasteiger partial charge on any atom is -0.342 e. The van der Waals surface area contributed by atoms with Gasteiger partial charge in [-0.1, -0.05) is 13.8 Å². The summed E-state index contributed by atoms with van der Waals surface area (Å²) in [7, 11) is 1.82. The third-order valence-electron chi connectivity index (χ3n) is 3.15. The molecule has 1 saturated heterocycles. The Morgan fingerprint density at radius 1 is 1.32 bits per heavy atom. The zero-order valence-electron chi connectivity index (χ0n) is 11.8. The predicted octanol–water partition coefficient (Wildman–Crippen LogP) is 0.253. The van der Waals surface area contributed by atoms with Gasteiger partial charge in [-0.3, -0.25) is 4.79 Å². The van der Waals surface area contributed by atoms with Crippen LogP contribution in [0.15, 0.2) is 12.4 Å². The van der Waals surface area contributed by atoms with Crippen molar-refractivity contribution in [2.24, 2.45) is 0 Å². The number of piperazine rings is 1. The van der Waals surface area contributed by atoms with E-state index < -0.39 is 0 Å². The smallest absolute Gasteiger partial charge is 0.242 e. The molecule has 6 nitrogen and oxygen atoms in total. The number of likely N-dealkylation sites (N-methyl/N-ethyl adjacent to an activating group) is 1. The zero-order valence-corrected chi connectivity index (χ0v) is 11.8.